The molecule has 3 rings (SSSR count). The summed E-state index contributed by atoms with van der Waals surface area (Å²) in [5, 5.41) is 6.10. The standard InChI is InChI=1S/C13H14N4O3/c18-12(10-5-1-2-6-14-10)17-7-3-4-9(8-17)11-15-16-13(19)20-11/h1-2,5-6,9H,3-4,7-8H2,(H,16,19). The number of amides is 1. The minimum atomic E-state index is -0.562. The number of aromatic amines is 1. The van der Waals surface area contributed by atoms with Crippen LogP contribution in [0.15, 0.2) is 33.6 Å². The van der Waals surface area contributed by atoms with Crippen molar-refractivity contribution in [3.63, 3.8) is 0 Å². The first-order valence-electron chi connectivity index (χ1n) is 6.50. The minimum Gasteiger partial charge on any atom is -0.392 e. The number of hydrogen-bond donors (Lipinski definition) is 1. The SMILES string of the molecule is O=C(c1ccccn1)N1CCCC(c2n[nH]c(=O)o2)C1. The summed E-state index contributed by atoms with van der Waals surface area (Å²) in [5.74, 6) is -0.342. The summed E-state index contributed by atoms with van der Waals surface area (Å²) in [6, 6.07) is 5.25. The highest BCUT2D eigenvalue weighted by molar-refractivity contribution is 5.92. The molecule has 0 bridgehead atoms. The van der Waals surface area contributed by atoms with Gasteiger partial charge in [0.2, 0.25) is 5.89 Å². The van der Waals surface area contributed by atoms with Crippen LogP contribution in [-0.2, 0) is 0 Å². The van der Waals surface area contributed by atoms with Crippen LogP contribution in [0.1, 0.15) is 35.1 Å². The number of H-pyrrole nitrogens is 1. The summed E-state index contributed by atoms with van der Waals surface area (Å²) in [5.41, 5.74) is 0.427. The molecule has 0 aliphatic carbocycles. The molecule has 1 aliphatic rings. The third-order valence-corrected chi connectivity index (χ3v) is 3.40. The maximum absolute atomic E-state index is 12.3. The molecule has 1 atom stereocenters. The van der Waals surface area contributed by atoms with Gasteiger partial charge >= 0.3 is 5.76 Å². The number of nitrogens with one attached hydrogen (secondary N) is 1. The van der Waals surface area contributed by atoms with Crippen molar-refractivity contribution in [2.45, 2.75) is 18.8 Å². The number of carbonyl (C=O) groups is 1. The largest absolute Gasteiger partial charge is 0.434 e. The highest BCUT2D eigenvalue weighted by atomic mass is 16.4. The Labute approximate surface area is 114 Å². The molecule has 0 saturated carbocycles. The minimum absolute atomic E-state index is 0.0460. The first-order chi connectivity index (χ1) is 9.74. The van der Waals surface area contributed by atoms with Crippen LogP contribution in [0, 0.1) is 0 Å². The maximum atomic E-state index is 12.3. The van der Waals surface area contributed by atoms with Gasteiger partial charge in [0.1, 0.15) is 5.69 Å². The number of nitrogens with zero attached hydrogens (tertiary/aromatic N) is 3. The maximum Gasteiger partial charge on any atom is 0.434 e. The average molecular weight is 274 g/mol. The Morgan fingerprint density at radius 1 is 1.45 bits per heavy atom. The molecule has 3 heterocycles. The van der Waals surface area contributed by atoms with Gasteiger partial charge in [0.25, 0.3) is 5.91 Å². The molecule has 1 amide bonds. The van der Waals surface area contributed by atoms with E-state index >= 15 is 0 Å². The van der Waals surface area contributed by atoms with Crippen molar-refractivity contribution in [3.05, 3.63) is 46.5 Å². The van der Waals surface area contributed by atoms with E-state index < -0.39 is 5.76 Å². The summed E-state index contributed by atoms with van der Waals surface area (Å²) in [7, 11) is 0. The van der Waals surface area contributed by atoms with Gasteiger partial charge in [0.15, 0.2) is 0 Å². The van der Waals surface area contributed by atoms with Gasteiger partial charge in [0.05, 0.1) is 5.92 Å². The number of carbonyl (C=O) groups excluding carboxylic acids is 1. The molecule has 104 valence electrons. The van der Waals surface area contributed by atoms with E-state index in [0.29, 0.717) is 24.7 Å². The molecular formula is C13H14N4O3. The molecule has 1 aliphatic heterocycles. The molecule has 1 N–H and O–H groups in total. The van der Waals surface area contributed by atoms with Crippen LogP contribution in [0.5, 0.6) is 0 Å². The second-order valence-electron chi connectivity index (χ2n) is 4.76. The quantitative estimate of drug-likeness (QED) is 0.873. The molecule has 0 spiro atoms. The van der Waals surface area contributed by atoms with E-state index in [-0.39, 0.29) is 11.8 Å². The lowest BCUT2D eigenvalue weighted by atomic mass is 9.98. The smallest absolute Gasteiger partial charge is 0.392 e. The summed E-state index contributed by atoms with van der Waals surface area (Å²) < 4.78 is 4.98. The predicted octanol–water partition coefficient (Wildman–Crippen LogP) is 0.778. The van der Waals surface area contributed by atoms with Gasteiger partial charge in [-0.05, 0) is 25.0 Å². The van der Waals surface area contributed by atoms with E-state index in [2.05, 4.69) is 15.2 Å². The van der Waals surface area contributed by atoms with Gasteiger partial charge in [-0.1, -0.05) is 6.07 Å². The Kier molecular flexibility index (Phi) is 3.32. The first-order valence-corrected chi connectivity index (χ1v) is 6.50. The molecule has 7 heteroatoms. The number of rotatable bonds is 2. The molecule has 20 heavy (non-hydrogen) atoms. The Morgan fingerprint density at radius 2 is 2.35 bits per heavy atom. The monoisotopic (exact) mass is 274 g/mol. The number of aromatic nitrogens is 3. The van der Waals surface area contributed by atoms with Crippen molar-refractivity contribution in [1.82, 2.24) is 20.1 Å². The van der Waals surface area contributed by atoms with Crippen molar-refractivity contribution in [2.75, 3.05) is 13.1 Å². The molecule has 0 aromatic carbocycles. The van der Waals surface area contributed by atoms with Crippen molar-refractivity contribution in [1.29, 1.82) is 0 Å². The number of likely N-dealkylation sites (tertiary alicyclic amines) is 1. The Morgan fingerprint density at radius 3 is 3.05 bits per heavy atom. The molecule has 1 fully saturated rings. The number of pyridine rings is 1. The summed E-state index contributed by atoms with van der Waals surface area (Å²) in [6.07, 6.45) is 3.29. The Hall–Kier alpha value is -2.44. The zero-order valence-electron chi connectivity index (χ0n) is 10.8. The van der Waals surface area contributed by atoms with E-state index in [9.17, 15) is 9.59 Å². The first kappa shape index (κ1) is 12.6. The van der Waals surface area contributed by atoms with Gasteiger partial charge in [0, 0.05) is 19.3 Å². The molecule has 1 saturated heterocycles. The van der Waals surface area contributed by atoms with Crippen LogP contribution < -0.4 is 5.76 Å². The van der Waals surface area contributed by atoms with Gasteiger partial charge in [-0.3, -0.25) is 9.78 Å². The lowest BCUT2D eigenvalue weighted by Crippen LogP contribution is -2.39. The van der Waals surface area contributed by atoms with Crippen LogP contribution in [0.4, 0.5) is 0 Å². The zero-order valence-corrected chi connectivity index (χ0v) is 10.8. The summed E-state index contributed by atoms with van der Waals surface area (Å²) in [6.45, 7) is 1.17. The fourth-order valence-corrected chi connectivity index (χ4v) is 2.43. The van der Waals surface area contributed by atoms with Crippen molar-refractivity contribution < 1.29 is 9.21 Å². The third kappa shape index (κ3) is 2.47. The number of hydrogen-bond acceptors (Lipinski definition) is 5. The van der Waals surface area contributed by atoms with Crippen LogP contribution >= 0.6 is 0 Å². The average Bonchev–Trinajstić information content (AvgIpc) is 2.94. The number of piperidine rings is 1. The third-order valence-electron chi connectivity index (χ3n) is 3.40. The van der Waals surface area contributed by atoms with Crippen molar-refractivity contribution >= 4 is 5.91 Å². The highest BCUT2D eigenvalue weighted by Gasteiger charge is 2.28. The van der Waals surface area contributed by atoms with E-state index in [1.54, 1.807) is 29.3 Å². The van der Waals surface area contributed by atoms with Crippen molar-refractivity contribution in [3.8, 4) is 0 Å². The molecule has 7 nitrogen and oxygen atoms in total. The lowest BCUT2D eigenvalue weighted by molar-refractivity contribution is 0.0692. The van der Waals surface area contributed by atoms with Crippen LogP contribution in [0.2, 0.25) is 0 Å². The second kappa shape index (κ2) is 5.28. The van der Waals surface area contributed by atoms with E-state index in [4.69, 9.17) is 4.42 Å². The molecule has 2 aromatic rings. The topological polar surface area (TPSA) is 92.1 Å². The van der Waals surface area contributed by atoms with Crippen molar-refractivity contribution in [2.24, 2.45) is 0 Å². The fraction of sp³-hybridized carbons (Fsp3) is 0.385. The van der Waals surface area contributed by atoms with Gasteiger partial charge in [-0.25, -0.2) is 9.89 Å². The van der Waals surface area contributed by atoms with E-state index in [1.165, 1.54) is 0 Å². The van der Waals surface area contributed by atoms with Gasteiger partial charge in [-0.2, -0.15) is 0 Å². The lowest BCUT2D eigenvalue weighted by Gasteiger charge is -2.30. The van der Waals surface area contributed by atoms with Crippen LogP contribution in [0.25, 0.3) is 0 Å². The molecule has 2 aromatic heterocycles. The second-order valence-corrected chi connectivity index (χ2v) is 4.76. The normalized spacial score (nSPS) is 19.0. The molecular weight excluding hydrogens is 260 g/mol. The summed E-state index contributed by atoms with van der Waals surface area (Å²) >= 11 is 0. The molecule has 1 unspecified atom stereocenters. The summed E-state index contributed by atoms with van der Waals surface area (Å²) in [4.78, 5) is 29.1. The van der Waals surface area contributed by atoms with Gasteiger partial charge < -0.3 is 9.32 Å². The van der Waals surface area contributed by atoms with Crippen LogP contribution in [0.3, 0.4) is 0 Å². The Bertz CT molecular complexity index is 649. The van der Waals surface area contributed by atoms with E-state index in [1.807, 2.05) is 0 Å². The zero-order chi connectivity index (χ0) is 13.9. The predicted molar refractivity (Wildman–Crippen MR) is 69.2 cm³/mol. The highest BCUT2D eigenvalue weighted by Crippen LogP contribution is 2.25. The van der Waals surface area contributed by atoms with Gasteiger partial charge in [-0.15, -0.1) is 5.10 Å². The van der Waals surface area contributed by atoms with Crippen LogP contribution in [-0.4, -0.2) is 39.1 Å². The molecule has 0 radical (unpaired) electrons. The Balaban J connectivity index is 1.75. The van der Waals surface area contributed by atoms with E-state index in [0.717, 1.165) is 12.8 Å². The fourth-order valence-electron chi connectivity index (χ4n) is 2.43.